The standard InChI is InChI=1S/C18H22N6O2/c1-12(17-22-21-16-5-3-4-8-23(16)17)20-18(25)15-11-19-24(13(15)2)14-6-9-26-10-7-14/h3-5,8,11-12,14H,6-7,9-10H2,1-2H3,(H,20,25). The molecule has 1 amide bonds. The van der Waals surface area contributed by atoms with Crippen LogP contribution in [0.3, 0.4) is 0 Å². The van der Waals surface area contributed by atoms with Crippen molar-refractivity contribution in [3.8, 4) is 0 Å². The van der Waals surface area contributed by atoms with Gasteiger partial charge in [0, 0.05) is 25.1 Å². The van der Waals surface area contributed by atoms with Crippen molar-refractivity contribution in [3.63, 3.8) is 0 Å². The molecule has 0 spiro atoms. The third-order valence-corrected chi connectivity index (χ3v) is 4.90. The second-order valence-electron chi connectivity index (χ2n) is 6.61. The first-order chi connectivity index (χ1) is 12.6. The van der Waals surface area contributed by atoms with E-state index in [1.807, 2.05) is 47.3 Å². The van der Waals surface area contributed by atoms with Gasteiger partial charge in [-0.25, -0.2) is 0 Å². The van der Waals surface area contributed by atoms with Gasteiger partial charge >= 0.3 is 0 Å². The number of carbonyl (C=O) groups is 1. The van der Waals surface area contributed by atoms with Crippen LogP contribution in [0, 0.1) is 6.92 Å². The second-order valence-corrected chi connectivity index (χ2v) is 6.61. The van der Waals surface area contributed by atoms with Crippen LogP contribution >= 0.6 is 0 Å². The lowest BCUT2D eigenvalue weighted by Gasteiger charge is -2.23. The van der Waals surface area contributed by atoms with Crippen LogP contribution in [-0.4, -0.2) is 43.5 Å². The minimum absolute atomic E-state index is 0.152. The maximum atomic E-state index is 12.8. The molecule has 1 N–H and O–H groups in total. The number of nitrogens with one attached hydrogen (secondary N) is 1. The van der Waals surface area contributed by atoms with Crippen molar-refractivity contribution in [1.29, 1.82) is 0 Å². The first-order valence-electron chi connectivity index (χ1n) is 8.87. The van der Waals surface area contributed by atoms with E-state index in [-0.39, 0.29) is 11.9 Å². The Morgan fingerprint density at radius 1 is 1.31 bits per heavy atom. The summed E-state index contributed by atoms with van der Waals surface area (Å²) in [6.45, 7) is 5.32. The monoisotopic (exact) mass is 354 g/mol. The van der Waals surface area contributed by atoms with Gasteiger partial charge in [-0.1, -0.05) is 6.07 Å². The zero-order valence-corrected chi connectivity index (χ0v) is 14.9. The van der Waals surface area contributed by atoms with Crippen LogP contribution in [0.4, 0.5) is 0 Å². The molecule has 136 valence electrons. The van der Waals surface area contributed by atoms with Crippen LogP contribution in [0.5, 0.6) is 0 Å². The molecule has 4 rings (SSSR count). The molecule has 8 nitrogen and oxygen atoms in total. The van der Waals surface area contributed by atoms with Gasteiger partial charge < -0.3 is 10.1 Å². The Morgan fingerprint density at radius 3 is 2.92 bits per heavy atom. The molecule has 26 heavy (non-hydrogen) atoms. The van der Waals surface area contributed by atoms with Crippen LogP contribution in [0.2, 0.25) is 0 Å². The Morgan fingerprint density at radius 2 is 2.12 bits per heavy atom. The number of nitrogens with zero attached hydrogens (tertiary/aromatic N) is 5. The van der Waals surface area contributed by atoms with Crippen molar-refractivity contribution in [2.45, 2.75) is 38.8 Å². The minimum Gasteiger partial charge on any atom is -0.381 e. The maximum absolute atomic E-state index is 12.8. The number of hydrogen-bond acceptors (Lipinski definition) is 5. The van der Waals surface area contributed by atoms with Crippen molar-refractivity contribution < 1.29 is 9.53 Å². The van der Waals surface area contributed by atoms with E-state index >= 15 is 0 Å². The minimum atomic E-state index is -0.272. The molecule has 0 bridgehead atoms. The van der Waals surface area contributed by atoms with Crippen molar-refractivity contribution in [2.75, 3.05) is 13.2 Å². The molecule has 1 aliphatic rings. The fourth-order valence-electron chi connectivity index (χ4n) is 3.44. The third-order valence-electron chi connectivity index (χ3n) is 4.90. The summed E-state index contributed by atoms with van der Waals surface area (Å²) in [5, 5.41) is 15.8. The number of aromatic nitrogens is 5. The molecule has 0 aromatic carbocycles. The number of ether oxygens (including phenoxy) is 1. The number of carbonyl (C=O) groups excluding carboxylic acids is 1. The van der Waals surface area contributed by atoms with E-state index in [1.54, 1.807) is 6.20 Å². The molecule has 8 heteroatoms. The number of rotatable bonds is 4. The third kappa shape index (κ3) is 2.96. The highest BCUT2D eigenvalue weighted by Crippen LogP contribution is 2.23. The predicted octanol–water partition coefficient (Wildman–Crippen LogP) is 2.08. The van der Waals surface area contributed by atoms with E-state index in [4.69, 9.17) is 4.74 Å². The summed E-state index contributed by atoms with van der Waals surface area (Å²) in [6, 6.07) is 5.73. The average Bonchev–Trinajstić information content (AvgIpc) is 3.26. The van der Waals surface area contributed by atoms with Gasteiger partial charge in [-0.3, -0.25) is 13.9 Å². The Hall–Kier alpha value is -2.74. The van der Waals surface area contributed by atoms with Crippen molar-refractivity contribution in [2.24, 2.45) is 0 Å². The van der Waals surface area contributed by atoms with Gasteiger partial charge in [-0.2, -0.15) is 5.10 Å². The predicted molar refractivity (Wildman–Crippen MR) is 94.9 cm³/mol. The Labute approximate surface area is 151 Å². The summed E-state index contributed by atoms with van der Waals surface area (Å²) in [5.74, 6) is 0.546. The van der Waals surface area contributed by atoms with Crippen molar-refractivity contribution in [3.05, 3.63) is 47.7 Å². The SMILES string of the molecule is Cc1c(C(=O)NC(C)c2nnc3ccccn23)cnn1C1CCOCC1. The largest absolute Gasteiger partial charge is 0.381 e. The zero-order valence-electron chi connectivity index (χ0n) is 14.9. The molecule has 1 unspecified atom stereocenters. The summed E-state index contributed by atoms with van der Waals surface area (Å²) in [6.07, 6.45) is 5.38. The quantitative estimate of drug-likeness (QED) is 0.775. The van der Waals surface area contributed by atoms with Crippen LogP contribution in [-0.2, 0) is 4.74 Å². The van der Waals surface area contributed by atoms with E-state index < -0.39 is 0 Å². The molecule has 3 aromatic heterocycles. The van der Waals surface area contributed by atoms with Crippen LogP contribution in [0.15, 0.2) is 30.6 Å². The number of amides is 1. The molecule has 3 aromatic rings. The number of fused-ring (bicyclic) bond motifs is 1. The molecule has 0 radical (unpaired) electrons. The summed E-state index contributed by atoms with van der Waals surface area (Å²) < 4.78 is 9.24. The fraction of sp³-hybridized carbons (Fsp3) is 0.444. The molecular weight excluding hydrogens is 332 g/mol. The van der Waals surface area contributed by atoms with E-state index in [1.165, 1.54) is 0 Å². The molecule has 1 aliphatic heterocycles. The summed E-state index contributed by atoms with van der Waals surface area (Å²) in [7, 11) is 0. The number of hydrogen-bond donors (Lipinski definition) is 1. The van der Waals surface area contributed by atoms with E-state index in [9.17, 15) is 4.79 Å². The summed E-state index contributed by atoms with van der Waals surface area (Å²) in [5.41, 5.74) is 2.23. The zero-order chi connectivity index (χ0) is 18.1. The lowest BCUT2D eigenvalue weighted by molar-refractivity contribution is 0.0656. The highest BCUT2D eigenvalue weighted by atomic mass is 16.5. The van der Waals surface area contributed by atoms with Crippen LogP contribution < -0.4 is 5.32 Å². The highest BCUT2D eigenvalue weighted by Gasteiger charge is 2.23. The van der Waals surface area contributed by atoms with Gasteiger partial charge in [0.05, 0.1) is 23.8 Å². The van der Waals surface area contributed by atoms with E-state index in [0.717, 1.165) is 37.4 Å². The van der Waals surface area contributed by atoms with Crippen LogP contribution in [0.25, 0.3) is 5.65 Å². The van der Waals surface area contributed by atoms with Gasteiger partial charge in [0.2, 0.25) is 0 Å². The first-order valence-corrected chi connectivity index (χ1v) is 8.87. The first kappa shape index (κ1) is 16.7. The Kier molecular flexibility index (Phi) is 4.42. The molecular formula is C18H22N6O2. The molecule has 0 aliphatic carbocycles. The Balaban J connectivity index is 1.52. The Bertz CT molecular complexity index is 925. The van der Waals surface area contributed by atoms with E-state index in [0.29, 0.717) is 17.4 Å². The lowest BCUT2D eigenvalue weighted by Crippen LogP contribution is -2.28. The van der Waals surface area contributed by atoms with Gasteiger partial charge in [-0.15, -0.1) is 10.2 Å². The molecule has 1 saturated heterocycles. The van der Waals surface area contributed by atoms with E-state index in [2.05, 4.69) is 20.6 Å². The van der Waals surface area contributed by atoms with Crippen molar-refractivity contribution >= 4 is 11.6 Å². The fourth-order valence-corrected chi connectivity index (χ4v) is 3.44. The highest BCUT2D eigenvalue weighted by molar-refractivity contribution is 5.95. The smallest absolute Gasteiger partial charge is 0.255 e. The molecule has 4 heterocycles. The lowest BCUT2D eigenvalue weighted by atomic mass is 10.1. The van der Waals surface area contributed by atoms with Crippen LogP contribution in [0.1, 0.15) is 53.7 Å². The summed E-state index contributed by atoms with van der Waals surface area (Å²) in [4.78, 5) is 12.8. The van der Waals surface area contributed by atoms with Gasteiger partial charge in [0.25, 0.3) is 5.91 Å². The average molecular weight is 354 g/mol. The maximum Gasteiger partial charge on any atom is 0.255 e. The molecule has 1 atom stereocenters. The molecule has 0 saturated carbocycles. The van der Waals surface area contributed by atoms with Gasteiger partial charge in [0.1, 0.15) is 0 Å². The molecule has 1 fully saturated rings. The number of pyridine rings is 1. The van der Waals surface area contributed by atoms with Gasteiger partial charge in [0.15, 0.2) is 11.5 Å². The normalized spacial score (nSPS) is 16.7. The topological polar surface area (TPSA) is 86.3 Å². The van der Waals surface area contributed by atoms with Crippen molar-refractivity contribution in [1.82, 2.24) is 29.7 Å². The van der Waals surface area contributed by atoms with Gasteiger partial charge in [-0.05, 0) is 38.8 Å². The second kappa shape index (κ2) is 6.87. The summed E-state index contributed by atoms with van der Waals surface area (Å²) >= 11 is 0.